The average Bonchev–Trinajstić information content (AvgIpc) is 2.07. The Morgan fingerprint density at radius 1 is 0.923 bits per heavy atom. The first-order chi connectivity index (χ1) is 5.94. The van der Waals surface area contributed by atoms with E-state index in [1.807, 2.05) is 36.4 Å². The summed E-state index contributed by atoms with van der Waals surface area (Å²) < 4.78 is 49.5. The first-order valence-corrected chi connectivity index (χ1v) is 4.18. The summed E-state index contributed by atoms with van der Waals surface area (Å²) >= 11 is -3.93. The quantitative estimate of drug-likeness (QED) is 0.616. The lowest BCUT2D eigenvalue weighted by atomic mass is 10.4. The van der Waals surface area contributed by atoms with Gasteiger partial charge in [-0.1, -0.05) is 36.4 Å². The van der Waals surface area contributed by atoms with E-state index in [4.69, 9.17) is 8.76 Å². The molecule has 0 aromatic heterocycles. The van der Waals surface area contributed by atoms with E-state index in [2.05, 4.69) is 0 Å². The second-order valence-corrected chi connectivity index (χ2v) is 2.77. The lowest BCUT2D eigenvalue weighted by molar-refractivity contribution is -0.0452. The van der Waals surface area contributed by atoms with E-state index in [9.17, 15) is 13.2 Å². The van der Waals surface area contributed by atoms with Crippen molar-refractivity contribution >= 4 is 11.1 Å². The van der Waals surface area contributed by atoms with E-state index in [0.717, 1.165) is 0 Å². The molecule has 0 amide bonds. The predicted molar refractivity (Wildman–Crippen MR) is 41.4 cm³/mol. The molecule has 1 rings (SSSR count). The molecule has 1 aromatic rings. The minimum atomic E-state index is -5.08. The summed E-state index contributed by atoms with van der Waals surface area (Å²) in [7, 11) is 0. The molecule has 0 bridgehead atoms. The molecule has 0 aliphatic rings. The minimum Gasteiger partial charge on any atom is -0.766 e. The molecule has 1 unspecified atom stereocenters. The van der Waals surface area contributed by atoms with Gasteiger partial charge in [-0.2, -0.15) is 13.2 Å². The highest BCUT2D eigenvalue weighted by atomic mass is 32.2. The van der Waals surface area contributed by atoms with Gasteiger partial charge in [-0.05, 0) is 0 Å². The Balaban J connectivity index is 0.000000223. The van der Waals surface area contributed by atoms with E-state index in [-0.39, 0.29) is 0 Å². The van der Waals surface area contributed by atoms with Gasteiger partial charge in [0.25, 0.3) is 0 Å². The van der Waals surface area contributed by atoms with Crippen LogP contribution in [-0.4, -0.2) is 14.3 Å². The van der Waals surface area contributed by atoms with Crippen LogP contribution in [0.5, 0.6) is 0 Å². The van der Waals surface area contributed by atoms with Crippen LogP contribution in [0, 0.1) is 0 Å². The molecule has 0 aliphatic carbocycles. The molecule has 0 saturated heterocycles. The van der Waals surface area contributed by atoms with Crippen LogP contribution in [0.3, 0.4) is 0 Å². The van der Waals surface area contributed by atoms with Gasteiger partial charge in [-0.3, -0.25) is 4.21 Å². The Bertz CT molecular complexity index is 221. The second-order valence-electron chi connectivity index (χ2n) is 1.84. The lowest BCUT2D eigenvalue weighted by Crippen LogP contribution is -2.14. The highest BCUT2D eigenvalue weighted by Gasteiger charge is 2.28. The number of alkyl halides is 3. The first kappa shape index (κ1) is 12.1. The fraction of sp³-hybridized carbons (Fsp3) is 0.143. The Kier molecular flexibility index (Phi) is 5.33. The van der Waals surface area contributed by atoms with Crippen molar-refractivity contribution in [3.8, 4) is 0 Å². The van der Waals surface area contributed by atoms with Crippen LogP contribution < -0.4 is 0 Å². The van der Waals surface area contributed by atoms with Gasteiger partial charge in [0.05, 0.1) is 11.1 Å². The van der Waals surface area contributed by atoms with Crippen LogP contribution in [0.4, 0.5) is 13.2 Å². The minimum absolute atomic E-state index is 2.00. The van der Waals surface area contributed by atoms with Crippen molar-refractivity contribution in [3.05, 3.63) is 36.4 Å². The summed E-state index contributed by atoms with van der Waals surface area (Å²) in [6.07, 6.45) is 0. The van der Waals surface area contributed by atoms with Gasteiger partial charge >= 0.3 is 5.51 Å². The molecule has 0 heterocycles. The van der Waals surface area contributed by atoms with Crippen molar-refractivity contribution in [2.75, 3.05) is 0 Å². The maximum absolute atomic E-state index is 10.6. The van der Waals surface area contributed by atoms with Gasteiger partial charge in [0.1, 0.15) is 0 Å². The first-order valence-electron chi connectivity index (χ1n) is 3.10. The Morgan fingerprint density at radius 3 is 1.15 bits per heavy atom. The van der Waals surface area contributed by atoms with Gasteiger partial charge in [-0.15, -0.1) is 0 Å². The van der Waals surface area contributed by atoms with Crippen LogP contribution >= 0.6 is 0 Å². The van der Waals surface area contributed by atoms with Crippen molar-refractivity contribution in [1.29, 1.82) is 0 Å². The number of hydrogen-bond acceptors (Lipinski definition) is 2. The lowest BCUT2D eigenvalue weighted by Gasteiger charge is -2.06. The molecule has 0 spiro atoms. The maximum atomic E-state index is 10.6. The fourth-order valence-electron chi connectivity index (χ4n) is 0.385. The zero-order chi connectivity index (χ0) is 10.3. The summed E-state index contributed by atoms with van der Waals surface area (Å²) in [5, 5.41) is 0. The summed E-state index contributed by atoms with van der Waals surface area (Å²) in [6, 6.07) is 12.0. The van der Waals surface area contributed by atoms with Crippen molar-refractivity contribution < 1.29 is 21.9 Å². The smallest absolute Gasteiger partial charge is 0.458 e. The largest absolute Gasteiger partial charge is 0.766 e. The molecule has 0 aliphatic heterocycles. The van der Waals surface area contributed by atoms with Gasteiger partial charge in [0.2, 0.25) is 0 Å². The third kappa shape index (κ3) is 7.48. The zero-order valence-corrected chi connectivity index (χ0v) is 7.14. The third-order valence-corrected chi connectivity index (χ3v) is 1.23. The summed E-state index contributed by atoms with van der Waals surface area (Å²) in [5.74, 6) is 0. The second kappa shape index (κ2) is 5.71. The molecule has 0 fully saturated rings. The van der Waals surface area contributed by atoms with Crippen LogP contribution in [0.1, 0.15) is 0 Å². The SMILES string of the molecule is O=S([O-])C(F)(F)F.c1ccccc1. The van der Waals surface area contributed by atoms with Crippen LogP contribution in [0.2, 0.25) is 0 Å². The summed E-state index contributed by atoms with van der Waals surface area (Å²) in [5.41, 5.74) is -5.08. The molecule has 74 valence electrons. The molecule has 0 N–H and O–H groups in total. The molecule has 0 radical (unpaired) electrons. The molecule has 1 aromatic carbocycles. The van der Waals surface area contributed by atoms with Crippen LogP contribution in [0.15, 0.2) is 36.4 Å². The zero-order valence-electron chi connectivity index (χ0n) is 6.32. The molecule has 6 heteroatoms. The fourth-order valence-corrected chi connectivity index (χ4v) is 0.385. The van der Waals surface area contributed by atoms with Crippen molar-refractivity contribution in [3.63, 3.8) is 0 Å². The van der Waals surface area contributed by atoms with Gasteiger partial charge in [0, 0.05) is 0 Å². The van der Waals surface area contributed by atoms with Crippen LogP contribution in [0.25, 0.3) is 0 Å². The highest BCUT2D eigenvalue weighted by molar-refractivity contribution is 7.80. The molecular weight excluding hydrogens is 205 g/mol. The monoisotopic (exact) mass is 211 g/mol. The third-order valence-electron chi connectivity index (χ3n) is 0.856. The predicted octanol–water partition coefficient (Wildman–Crippen LogP) is 2.07. The normalized spacial score (nSPS) is 12.6. The Morgan fingerprint density at radius 2 is 1.08 bits per heavy atom. The topological polar surface area (TPSA) is 40.1 Å². The van der Waals surface area contributed by atoms with E-state index in [1.54, 1.807) is 0 Å². The van der Waals surface area contributed by atoms with Crippen molar-refractivity contribution in [2.24, 2.45) is 0 Å². The van der Waals surface area contributed by atoms with Crippen molar-refractivity contribution in [2.45, 2.75) is 5.51 Å². The Labute approximate surface area is 75.7 Å². The van der Waals surface area contributed by atoms with Gasteiger partial charge in [-0.25, -0.2) is 0 Å². The van der Waals surface area contributed by atoms with E-state index < -0.39 is 16.6 Å². The standard InChI is InChI=1S/C6H6.CHF3O2S/c1-2-4-6-5-3-1;2-1(3,4)7(5)6/h1-6H;(H,5,6)/p-1. The molecule has 1 atom stereocenters. The number of hydrogen-bond donors (Lipinski definition) is 0. The van der Waals surface area contributed by atoms with E-state index >= 15 is 0 Å². The van der Waals surface area contributed by atoms with E-state index in [1.165, 1.54) is 0 Å². The van der Waals surface area contributed by atoms with Crippen LogP contribution in [-0.2, 0) is 11.1 Å². The number of rotatable bonds is 0. The summed E-state index contributed by atoms with van der Waals surface area (Å²) in [6.45, 7) is 0. The molecular formula is C7H6F3O2S-. The summed E-state index contributed by atoms with van der Waals surface area (Å²) in [4.78, 5) is 0. The van der Waals surface area contributed by atoms with E-state index in [0.29, 0.717) is 0 Å². The number of benzene rings is 1. The van der Waals surface area contributed by atoms with Gasteiger partial charge < -0.3 is 4.55 Å². The maximum Gasteiger partial charge on any atom is 0.458 e. The van der Waals surface area contributed by atoms with Crippen molar-refractivity contribution in [1.82, 2.24) is 0 Å². The average molecular weight is 211 g/mol. The number of halogens is 3. The molecule has 0 saturated carbocycles. The van der Waals surface area contributed by atoms with Gasteiger partial charge in [0.15, 0.2) is 0 Å². The molecule has 2 nitrogen and oxygen atoms in total. The Hall–Kier alpha value is -0.880. The molecule has 13 heavy (non-hydrogen) atoms. The highest BCUT2D eigenvalue weighted by Crippen LogP contribution is 2.16.